The molecule has 0 bridgehead atoms. The predicted molar refractivity (Wildman–Crippen MR) is 108 cm³/mol. The minimum Gasteiger partial charge on any atom is -0.467 e. The highest BCUT2D eigenvalue weighted by Crippen LogP contribution is 2.31. The topological polar surface area (TPSA) is 155 Å². The zero-order valence-corrected chi connectivity index (χ0v) is 17.1. The van der Waals surface area contributed by atoms with Gasteiger partial charge in [-0.05, 0) is 25.1 Å². The highest BCUT2D eigenvalue weighted by atomic mass is 19.1. The average molecular weight is 425 g/mol. The Labute approximate surface area is 177 Å². The van der Waals surface area contributed by atoms with E-state index in [9.17, 15) is 14.4 Å². The van der Waals surface area contributed by atoms with Crippen LogP contribution in [0.3, 0.4) is 0 Å². The molecule has 2 aromatic heterocycles. The molecular weight excluding hydrogens is 405 g/mol. The van der Waals surface area contributed by atoms with E-state index in [-0.39, 0.29) is 40.8 Å². The number of nitrogens with zero attached hydrogens (tertiary/aromatic N) is 5. The number of benzene rings is 1. The van der Waals surface area contributed by atoms with Crippen LogP contribution in [0.5, 0.6) is 5.88 Å². The van der Waals surface area contributed by atoms with Crippen LogP contribution in [-0.2, 0) is 18.3 Å². The molecule has 3 aromatic rings. The summed E-state index contributed by atoms with van der Waals surface area (Å²) in [4.78, 5) is 20.5. The number of nitrogens with two attached hydrogens (primary N) is 2. The van der Waals surface area contributed by atoms with E-state index in [1.807, 2.05) is 0 Å². The molecule has 0 saturated carbocycles. The molecule has 31 heavy (non-hydrogen) atoms. The number of hydrogen-bond acceptors (Lipinski definition) is 9. The maximum absolute atomic E-state index is 13.8. The van der Waals surface area contributed by atoms with Gasteiger partial charge in [-0.25, -0.2) is 19.2 Å². The van der Waals surface area contributed by atoms with Crippen molar-refractivity contribution in [3.8, 4) is 23.2 Å². The molecule has 2 heterocycles. The second-order valence-electron chi connectivity index (χ2n) is 6.54. The first-order chi connectivity index (χ1) is 14.8. The molecule has 0 fully saturated rings. The summed E-state index contributed by atoms with van der Waals surface area (Å²) in [6.07, 6.45) is 0.557. The van der Waals surface area contributed by atoms with Gasteiger partial charge in [-0.15, -0.1) is 0 Å². The first-order valence-electron chi connectivity index (χ1n) is 9.14. The van der Waals surface area contributed by atoms with Gasteiger partial charge in [-0.1, -0.05) is 0 Å². The van der Waals surface area contributed by atoms with Crippen molar-refractivity contribution in [3.63, 3.8) is 0 Å². The maximum Gasteiger partial charge on any atom is 0.338 e. The summed E-state index contributed by atoms with van der Waals surface area (Å²) in [5.74, 6) is -1.27. The molecule has 11 heteroatoms. The van der Waals surface area contributed by atoms with Crippen LogP contribution in [-0.4, -0.2) is 32.8 Å². The number of nitriles is 1. The molecule has 1 aromatic carbocycles. The Balaban J connectivity index is 2.03. The van der Waals surface area contributed by atoms with Crippen LogP contribution >= 0.6 is 0 Å². The number of nitrogen functional groups attached to an aromatic ring is 1. The Morgan fingerprint density at radius 3 is 2.81 bits per heavy atom. The Morgan fingerprint density at radius 1 is 1.42 bits per heavy atom. The molecule has 0 amide bonds. The standard InChI is InChI=1S/C20H20FN7O3/c1-10(13-6-11(21)4-5-12(13)20(29)30-3)31-19-18(24)25-9-15(26-19)17-14(7-22)27-28(2)16(17)8-23/h4-6,9-10H,7,22H2,1-3H3,(H2,24,25)/t10-/m1/s1. The number of carbonyl (C=O) groups is 1. The lowest BCUT2D eigenvalue weighted by Gasteiger charge is -2.18. The smallest absolute Gasteiger partial charge is 0.338 e. The van der Waals surface area contributed by atoms with Gasteiger partial charge >= 0.3 is 5.97 Å². The quantitative estimate of drug-likeness (QED) is 0.563. The molecule has 0 aliphatic rings. The number of methoxy groups -OCH3 is 1. The molecular formula is C20H20FN7O3. The summed E-state index contributed by atoms with van der Waals surface area (Å²) in [5.41, 5.74) is 13.5. The minimum atomic E-state index is -0.824. The number of carbonyl (C=O) groups excluding carboxylic acids is 1. The number of halogens is 1. The van der Waals surface area contributed by atoms with Gasteiger partial charge in [0.1, 0.15) is 23.7 Å². The van der Waals surface area contributed by atoms with Crippen LogP contribution in [0.1, 0.15) is 40.3 Å². The van der Waals surface area contributed by atoms with Crippen LogP contribution < -0.4 is 16.2 Å². The van der Waals surface area contributed by atoms with E-state index in [1.165, 1.54) is 30.1 Å². The second-order valence-corrected chi connectivity index (χ2v) is 6.54. The summed E-state index contributed by atoms with van der Waals surface area (Å²) in [6.45, 7) is 1.68. The zero-order valence-electron chi connectivity index (χ0n) is 17.1. The summed E-state index contributed by atoms with van der Waals surface area (Å²) in [6, 6.07) is 5.69. The molecule has 0 saturated heterocycles. The van der Waals surface area contributed by atoms with Gasteiger partial charge in [0.25, 0.3) is 5.88 Å². The number of hydrogen-bond donors (Lipinski definition) is 2. The van der Waals surface area contributed by atoms with Crippen molar-refractivity contribution in [3.05, 3.63) is 52.7 Å². The lowest BCUT2D eigenvalue weighted by Crippen LogP contribution is -2.14. The molecule has 0 aliphatic heterocycles. The van der Waals surface area contributed by atoms with Gasteiger partial charge < -0.3 is 20.9 Å². The van der Waals surface area contributed by atoms with Crippen molar-refractivity contribution in [1.29, 1.82) is 5.26 Å². The lowest BCUT2D eigenvalue weighted by molar-refractivity contribution is 0.0595. The fourth-order valence-corrected chi connectivity index (χ4v) is 3.11. The number of ether oxygens (including phenoxy) is 2. The van der Waals surface area contributed by atoms with Crippen LogP contribution in [0.4, 0.5) is 10.2 Å². The number of esters is 1. The van der Waals surface area contributed by atoms with Crippen LogP contribution in [0, 0.1) is 17.1 Å². The molecule has 160 valence electrons. The molecule has 0 radical (unpaired) electrons. The van der Waals surface area contributed by atoms with E-state index in [0.29, 0.717) is 11.3 Å². The van der Waals surface area contributed by atoms with Gasteiger partial charge in [-0.3, -0.25) is 4.68 Å². The molecule has 3 rings (SSSR count). The largest absolute Gasteiger partial charge is 0.467 e. The van der Waals surface area contributed by atoms with E-state index in [0.717, 1.165) is 6.07 Å². The second kappa shape index (κ2) is 8.76. The van der Waals surface area contributed by atoms with E-state index in [1.54, 1.807) is 14.0 Å². The Kier molecular flexibility index (Phi) is 6.12. The molecule has 0 spiro atoms. The van der Waals surface area contributed by atoms with Crippen molar-refractivity contribution >= 4 is 11.8 Å². The van der Waals surface area contributed by atoms with Gasteiger partial charge in [0, 0.05) is 19.2 Å². The summed E-state index contributed by atoms with van der Waals surface area (Å²) in [5, 5.41) is 13.7. The number of rotatable bonds is 6. The van der Waals surface area contributed by atoms with E-state index in [4.69, 9.17) is 20.9 Å². The average Bonchev–Trinajstić information content (AvgIpc) is 3.09. The predicted octanol–water partition coefficient (Wildman–Crippen LogP) is 1.86. The highest BCUT2D eigenvalue weighted by Gasteiger charge is 2.23. The summed E-state index contributed by atoms with van der Waals surface area (Å²) >= 11 is 0. The molecule has 10 nitrogen and oxygen atoms in total. The van der Waals surface area contributed by atoms with Crippen LogP contribution in [0.25, 0.3) is 11.3 Å². The lowest BCUT2D eigenvalue weighted by atomic mass is 10.0. The Morgan fingerprint density at radius 2 is 2.16 bits per heavy atom. The SMILES string of the molecule is COC(=O)c1ccc(F)cc1[C@@H](C)Oc1nc(-c2c(CN)nn(C)c2C#N)cnc1N. The van der Waals surface area contributed by atoms with Crippen molar-refractivity contribution in [2.24, 2.45) is 12.8 Å². The van der Waals surface area contributed by atoms with Gasteiger partial charge in [0.05, 0.1) is 35.8 Å². The molecule has 0 aliphatic carbocycles. The van der Waals surface area contributed by atoms with Crippen LogP contribution in [0.2, 0.25) is 0 Å². The molecule has 4 N–H and O–H groups in total. The minimum absolute atomic E-state index is 0.0247. The third kappa shape index (κ3) is 4.15. The number of aryl methyl sites for hydroxylation is 1. The first-order valence-corrected chi connectivity index (χ1v) is 9.14. The third-order valence-corrected chi connectivity index (χ3v) is 4.59. The Hall–Kier alpha value is -4.04. The van der Waals surface area contributed by atoms with Gasteiger partial charge in [0.2, 0.25) is 0 Å². The van der Waals surface area contributed by atoms with Gasteiger partial charge in [0.15, 0.2) is 5.82 Å². The maximum atomic E-state index is 13.8. The molecule has 0 unspecified atom stereocenters. The van der Waals surface area contributed by atoms with Crippen LogP contribution in [0.15, 0.2) is 24.4 Å². The van der Waals surface area contributed by atoms with E-state index >= 15 is 0 Å². The first kappa shape index (κ1) is 21.7. The molecule has 1 atom stereocenters. The fraction of sp³-hybridized carbons (Fsp3) is 0.250. The number of anilines is 1. The van der Waals surface area contributed by atoms with Crippen molar-refractivity contribution in [2.75, 3.05) is 12.8 Å². The Bertz CT molecular complexity index is 1190. The van der Waals surface area contributed by atoms with Crippen molar-refractivity contribution in [1.82, 2.24) is 19.7 Å². The third-order valence-electron chi connectivity index (χ3n) is 4.59. The highest BCUT2D eigenvalue weighted by molar-refractivity contribution is 5.91. The van der Waals surface area contributed by atoms with E-state index < -0.39 is 17.9 Å². The summed E-state index contributed by atoms with van der Waals surface area (Å²) < 4.78 is 25.8. The fourth-order valence-electron chi connectivity index (χ4n) is 3.11. The number of aromatic nitrogens is 4. The van der Waals surface area contributed by atoms with E-state index in [2.05, 4.69) is 21.1 Å². The normalized spacial score (nSPS) is 11.6. The van der Waals surface area contributed by atoms with Gasteiger partial charge in [-0.2, -0.15) is 10.4 Å². The summed E-state index contributed by atoms with van der Waals surface area (Å²) in [7, 11) is 2.84. The monoisotopic (exact) mass is 425 g/mol. The van der Waals surface area contributed by atoms with Crippen molar-refractivity contribution < 1.29 is 18.7 Å². The van der Waals surface area contributed by atoms with Crippen molar-refractivity contribution in [2.45, 2.75) is 19.6 Å². The zero-order chi connectivity index (χ0) is 22.7.